The number of nitrogens with one attached hydrogen (secondary N) is 1. The molecule has 0 saturated carbocycles. The van der Waals surface area contributed by atoms with Crippen molar-refractivity contribution in [3.63, 3.8) is 0 Å². The predicted molar refractivity (Wildman–Crippen MR) is 124 cm³/mol. The molecule has 0 fully saturated rings. The lowest BCUT2D eigenvalue weighted by Gasteiger charge is -2.19. The largest absolute Gasteiger partial charge is 0.362 e. The van der Waals surface area contributed by atoms with E-state index in [9.17, 15) is 18.0 Å². The number of anilines is 2. The number of fused-ring (bicyclic) bond motifs is 1. The van der Waals surface area contributed by atoms with Crippen molar-refractivity contribution in [2.45, 2.75) is 11.3 Å². The number of benzene rings is 3. The van der Waals surface area contributed by atoms with Crippen LogP contribution in [-0.4, -0.2) is 33.2 Å². The Hall–Kier alpha value is -3.20. The number of primary sulfonamides is 1. The van der Waals surface area contributed by atoms with E-state index in [2.05, 4.69) is 5.32 Å². The molecule has 0 saturated heterocycles. The number of sulfonamides is 1. The lowest BCUT2D eigenvalue weighted by atomic mass is 10.0. The molecule has 4 rings (SSSR count). The van der Waals surface area contributed by atoms with Crippen molar-refractivity contribution in [1.82, 2.24) is 0 Å². The van der Waals surface area contributed by atoms with Crippen LogP contribution in [0.4, 0.5) is 11.4 Å². The van der Waals surface area contributed by atoms with E-state index in [1.54, 1.807) is 48.5 Å². The van der Waals surface area contributed by atoms with E-state index in [0.717, 1.165) is 11.3 Å². The van der Waals surface area contributed by atoms with Crippen LogP contribution in [0, 0.1) is 0 Å². The molecule has 0 spiro atoms. The molecule has 0 aliphatic carbocycles. The number of hydrogen-bond acceptors (Lipinski definition) is 5. The van der Waals surface area contributed by atoms with E-state index in [4.69, 9.17) is 16.7 Å². The highest BCUT2D eigenvalue weighted by molar-refractivity contribution is 7.89. The summed E-state index contributed by atoms with van der Waals surface area (Å²) < 4.78 is 23.1. The van der Waals surface area contributed by atoms with Crippen LogP contribution in [0.25, 0.3) is 0 Å². The van der Waals surface area contributed by atoms with E-state index in [1.807, 2.05) is 11.0 Å². The highest BCUT2D eigenvalue weighted by Crippen LogP contribution is 2.30. The molecule has 0 atom stereocenters. The molecule has 3 N–H and O–H groups in total. The van der Waals surface area contributed by atoms with Gasteiger partial charge in [-0.1, -0.05) is 41.9 Å². The van der Waals surface area contributed by atoms with Crippen LogP contribution in [0.3, 0.4) is 0 Å². The molecule has 3 aromatic carbocycles. The maximum absolute atomic E-state index is 12.9. The molecule has 32 heavy (non-hydrogen) atoms. The number of hydrogen-bond donors (Lipinski definition) is 2. The molecule has 0 unspecified atom stereocenters. The average Bonchev–Trinajstić information content (AvgIpc) is 3.16. The molecule has 0 aromatic heterocycles. The van der Waals surface area contributed by atoms with Crippen LogP contribution in [0.1, 0.15) is 21.5 Å². The Morgan fingerprint density at radius 1 is 1.03 bits per heavy atom. The van der Waals surface area contributed by atoms with Crippen LogP contribution < -0.4 is 15.4 Å². The van der Waals surface area contributed by atoms with Gasteiger partial charge in [0.05, 0.1) is 17.1 Å². The van der Waals surface area contributed by atoms with Gasteiger partial charge in [0.2, 0.25) is 15.9 Å². The summed E-state index contributed by atoms with van der Waals surface area (Å²) in [4.78, 5) is 27.6. The summed E-state index contributed by atoms with van der Waals surface area (Å²) in [6, 6.07) is 18.1. The van der Waals surface area contributed by atoms with E-state index in [1.165, 1.54) is 12.1 Å². The third-order valence-electron chi connectivity index (χ3n) is 5.24. The van der Waals surface area contributed by atoms with E-state index < -0.39 is 10.0 Å². The van der Waals surface area contributed by atoms with Gasteiger partial charge in [-0.2, -0.15) is 0 Å². The van der Waals surface area contributed by atoms with Crippen molar-refractivity contribution in [3.8, 4) is 0 Å². The molecule has 1 heterocycles. The topological polar surface area (TPSA) is 110 Å². The second kappa shape index (κ2) is 8.74. The number of nitrogens with zero attached hydrogens (tertiary/aromatic N) is 1. The second-order valence-electron chi connectivity index (χ2n) is 7.44. The third kappa shape index (κ3) is 4.67. The van der Waals surface area contributed by atoms with Crippen molar-refractivity contribution in [3.05, 3.63) is 88.4 Å². The number of nitrogens with two attached hydrogens (primary N) is 1. The number of carbonyl (C=O) groups excluding carboxylic acids is 2. The summed E-state index contributed by atoms with van der Waals surface area (Å²) >= 11 is 6.10. The van der Waals surface area contributed by atoms with Crippen LogP contribution >= 0.6 is 11.6 Å². The summed E-state index contributed by atoms with van der Waals surface area (Å²) in [5.41, 5.74) is 2.76. The molecule has 1 aliphatic heterocycles. The minimum absolute atomic E-state index is 0.0450. The van der Waals surface area contributed by atoms with E-state index >= 15 is 0 Å². The van der Waals surface area contributed by atoms with Gasteiger partial charge < -0.3 is 10.2 Å². The molecule has 1 aliphatic rings. The van der Waals surface area contributed by atoms with Crippen molar-refractivity contribution in [1.29, 1.82) is 0 Å². The van der Waals surface area contributed by atoms with Gasteiger partial charge in [-0.15, -0.1) is 0 Å². The lowest BCUT2D eigenvalue weighted by molar-refractivity contribution is -0.115. The lowest BCUT2D eigenvalue weighted by Crippen LogP contribution is -2.32. The Balaban J connectivity index is 1.52. The SMILES string of the molecule is NS(=O)(=O)c1ccc2c(c1)CCN2CC(=O)Nc1ccc(Cl)cc1C(=O)c1ccccc1. The summed E-state index contributed by atoms with van der Waals surface area (Å²) in [7, 11) is -3.79. The van der Waals surface area contributed by atoms with Crippen molar-refractivity contribution in [2.24, 2.45) is 5.14 Å². The molecular formula is C23H20ClN3O4S. The zero-order valence-electron chi connectivity index (χ0n) is 16.9. The standard InChI is InChI=1S/C23H20ClN3O4S/c24-17-6-8-20(19(13-17)23(29)15-4-2-1-3-5-15)26-22(28)14-27-11-10-16-12-18(32(25,30)31)7-9-21(16)27/h1-9,12-13H,10-11,14H2,(H,26,28)(H2,25,30,31). The summed E-state index contributed by atoms with van der Waals surface area (Å²) in [5.74, 6) is -0.553. The first kappa shape index (κ1) is 22.0. The van der Waals surface area contributed by atoms with Gasteiger partial charge in [0.25, 0.3) is 0 Å². The maximum Gasteiger partial charge on any atom is 0.243 e. The van der Waals surface area contributed by atoms with Gasteiger partial charge in [0.1, 0.15) is 0 Å². The number of amides is 1. The fourth-order valence-corrected chi connectivity index (χ4v) is 4.45. The minimum atomic E-state index is -3.79. The first-order valence-corrected chi connectivity index (χ1v) is 11.7. The normalized spacial score (nSPS) is 13.0. The van der Waals surface area contributed by atoms with Gasteiger partial charge in [-0.25, -0.2) is 13.6 Å². The number of ketones is 1. The first-order chi connectivity index (χ1) is 15.2. The number of halogens is 1. The monoisotopic (exact) mass is 469 g/mol. The second-order valence-corrected chi connectivity index (χ2v) is 9.44. The Bertz CT molecular complexity index is 1310. The van der Waals surface area contributed by atoms with Gasteiger partial charge in [-0.3, -0.25) is 9.59 Å². The molecule has 9 heteroatoms. The highest BCUT2D eigenvalue weighted by Gasteiger charge is 2.24. The zero-order valence-corrected chi connectivity index (χ0v) is 18.5. The summed E-state index contributed by atoms with van der Waals surface area (Å²) in [6.07, 6.45) is 0.602. The smallest absolute Gasteiger partial charge is 0.243 e. The molecule has 164 valence electrons. The van der Waals surface area contributed by atoms with Crippen LogP contribution in [-0.2, 0) is 21.2 Å². The Labute approximate surface area is 190 Å². The number of rotatable bonds is 6. The maximum atomic E-state index is 12.9. The Morgan fingerprint density at radius 2 is 1.78 bits per heavy atom. The van der Waals surface area contributed by atoms with Crippen molar-refractivity contribution in [2.75, 3.05) is 23.3 Å². The predicted octanol–water partition coefficient (Wildman–Crippen LogP) is 3.22. The Morgan fingerprint density at radius 3 is 2.50 bits per heavy atom. The van der Waals surface area contributed by atoms with E-state index in [-0.39, 0.29) is 23.1 Å². The molecule has 0 radical (unpaired) electrons. The minimum Gasteiger partial charge on any atom is -0.362 e. The highest BCUT2D eigenvalue weighted by atomic mass is 35.5. The van der Waals surface area contributed by atoms with E-state index in [0.29, 0.717) is 34.8 Å². The van der Waals surface area contributed by atoms with Gasteiger partial charge in [0, 0.05) is 28.4 Å². The average molecular weight is 470 g/mol. The van der Waals surface area contributed by atoms with Gasteiger partial charge in [0.15, 0.2) is 5.78 Å². The summed E-state index contributed by atoms with van der Waals surface area (Å²) in [6.45, 7) is 0.608. The molecule has 1 amide bonds. The quantitative estimate of drug-likeness (QED) is 0.538. The molecule has 7 nitrogen and oxygen atoms in total. The van der Waals surface area contributed by atoms with Crippen molar-refractivity contribution < 1.29 is 18.0 Å². The van der Waals surface area contributed by atoms with Gasteiger partial charge in [-0.05, 0) is 48.4 Å². The Kier molecular flexibility index (Phi) is 6.01. The van der Waals surface area contributed by atoms with Crippen LogP contribution in [0.5, 0.6) is 0 Å². The third-order valence-corrected chi connectivity index (χ3v) is 6.39. The van der Waals surface area contributed by atoms with Gasteiger partial charge >= 0.3 is 0 Å². The first-order valence-electron chi connectivity index (χ1n) is 9.82. The zero-order chi connectivity index (χ0) is 22.9. The summed E-state index contributed by atoms with van der Waals surface area (Å²) in [5, 5.41) is 8.40. The van der Waals surface area contributed by atoms with Crippen LogP contribution in [0.15, 0.2) is 71.6 Å². The molecule has 3 aromatic rings. The number of carbonyl (C=O) groups is 2. The van der Waals surface area contributed by atoms with Crippen molar-refractivity contribution >= 4 is 44.7 Å². The molecular weight excluding hydrogens is 450 g/mol. The fraction of sp³-hybridized carbons (Fsp3) is 0.130. The van der Waals surface area contributed by atoms with Crippen LogP contribution in [0.2, 0.25) is 5.02 Å². The molecule has 0 bridgehead atoms. The fourth-order valence-electron chi connectivity index (χ4n) is 3.71.